The van der Waals surface area contributed by atoms with Gasteiger partial charge in [-0.1, -0.05) is 41.4 Å². The summed E-state index contributed by atoms with van der Waals surface area (Å²) >= 11 is 14.0. The second kappa shape index (κ2) is 10.1. The van der Waals surface area contributed by atoms with Gasteiger partial charge in [0.15, 0.2) is 0 Å². The number of aromatic nitrogens is 1. The molecule has 1 heterocycles. The molecule has 0 aliphatic heterocycles. The van der Waals surface area contributed by atoms with Crippen molar-refractivity contribution in [2.75, 3.05) is 5.32 Å². The SMILES string of the molecule is Cc1ccc2nc(-c3ccc(NCc4cc(Cl)ccc4OCc4ccc(Cl)cc4)cc3)sc2c1. The van der Waals surface area contributed by atoms with Gasteiger partial charge < -0.3 is 10.1 Å². The highest BCUT2D eigenvalue weighted by molar-refractivity contribution is 7.21. The molecule has 0 fully saturated rings. The van der Waals surface area contributed by atoms with Crippen molar-refractivity contribution in [3.8, 4) is 16.3 Å². The molecule has 0 spiro atoms. The summed E-state index contributed by atoms with van der Waals surface area (Å²) in [6.45, 7) is 3.16. The fourth-order valence-corrected chi connectivity index (χ4v) is 5.04. The van der Waals surface area contributed by atoms with Gasteiger partial charge in [-0.15, -0.1) is 11.3 Å². The topological polar surface area (TPSA) is 34.2 Å². The standard InChI is InChI=1S/C28H22Cl2N2OS/c1-18-2-12-25-27(14-18)34-28(32-25)20-5-10-24(11-6-20)31-16-21-15-23(30)9-13-26(21)33-17-19-3-7-22(29)8-4-19/h2-15,31H,16-17H2,1H3. The van der Waals surface area contributed by atoms with Gasteiger partial charge in [-0.3, -0.25) is 0 Å². The van der Waals surface area contributed by atoms with Gasteiger partial charge in [0.25, 0.3) is 0 Å². The lowest BCUT2D eigenvalue weighted by Gasteiger charge is -2.14. The predicted molar refractivity (Wildman–Crippen MR) is 144 cm³/mol. The summed E-state index contributed by atoms with van der Waals surface area (Å²) in [7, 11) is 0. The molecule has 34 heavy (non-hydrogen) atoms. The van der Waals surface area contributed by atoms with Crippen LogP contribution in [0.5, 0.6) is 5.75 Å². The van der Waals surface area contributed by atoms with Crippen molar-refractivity contribution in [3.63, 3.8) is 0 Å². The van der Waals surface area contributed by atoms with Crippen molar-refractivity contribution in [2.24, 2.45) is 0 Å². The first-order valence-corrected chi connectivity index (χ1v) is 12.5. The highest BCUT2D eigenvalue weighted by Gasteiger charge is 2.08. The van der Waals surface area contributed by atoms with Gasteiger partial charge >= 0.3 is 0 Å². The molecule has 0 aliphatic carbocycles. The highest BCUT2D eigenvalue weighted by atomic mass is 35.5. The molecule has 0 amide bonds. The largest absolute Gasteiger partial charge is 0.489 e. The Morgan fingerprint density at radius 2 is 1.62 bits per heavy atom. The Balaban J connectivity index is 1.27. The number of hydrogen-bond acceptors (Lipinski definition) is 4. The maximum atomic E-state index is 6.26. The number of anilines is 1. The number of hydrogen-bond donors (Lipinski definition) is 1. The number of rotatable bonds is 7. The first-order valence-electron chi connectivity index (χ1n) is 10.9. The van der Waals surface area contributed by atoms with E-state index in [1.807, 2.05) is 42.5 Å². The molecule has 4 aromatic carbocycles. The average Bonchev–Trinajstić information content (AvgIpc) is 3.27. The van der Waals surface area contributed by atoms with Gasteiger partial charge in [-0.2, -0.15) is 0 Å². The Bertz CT molecular complexity index is 1430. The second-order valence-corrected chi connectivity index (χ2v) is 9.99. The van der Waals surface area contributed by atoms with Crippen LogP contribution in [-0.2, 0) is 13.2 Å². The normalized spacial score (nSPS) is 11.0. The monoisotopic (exact) mass is 504 g/mol. The van der Waals surface area contributed by atoms with Crippen LogP contribution in [0.3, 0.4) is 0 Å². The lowest BCUT2D eigenvalue weighted by molar-refractivity contribution is 0.303. The predicted octanol–water partition coefficient (Wildman–Crippen LogP) is 8.77. The van der Waals surface area contributed by atoms with E-state index >= 15 is 0 Å². The quantitative estimate of drug-likeness (QED) is 0.240. The van der Waals surface area contributed by atoms with E-state index in [1.54, 1.807) is 11.3 Å². The van der Waals surface area contributed by atoms with Crippen molar-refractivity contribution in [3.05, 3.63) is 112 Å². The van der Waals surface area contributed by atoms with Crippen LogP contribution in [0.2, 0.25) is 10.0 Å². The van der Waals surface area contributed by atoms with Crippen LogP contribution in [0.4, 0.5) is 5.69 Å². The van der Waals surface area contributed by atoms with Crippen LogP contribution >= 0.6 is 34.5 Å². The van der Waals surface area contributed by atoms with Gasteiger partial charge in [0, 0.05) is 33.4 Å². The maximum absolute atomic E-state index is 6.26. The molecule has 1 N–H and O–H groups in total. The molecular formula is C28H22Cl2N2OS. The van der Waals surface area contributed by atoms with Crippen molar-refractivity contribution < 1.29 is 4.74 Å². The summed E-state index contributed by atoms with van der Waals surface area (Å²) < 4.78 is 7.28. The number of nitrogens with zero attached hydrogens (tertiary/aromatic N) is 1. The Labute approximate surface area is 213 Å². The summed E-state index contributed by atoms with van der Waals surface area (Å²) in [4.78, 5) is 4.78. The van der Waals surface area contributed by atoms with Gasteiger partial charge in [0.1, 0.15) is 17.4 Å². The molecule has 0 aliphatic rings. The van der Waals surface area contributed by atoms with Crippen molar-refractivity contribution >= 4 is 50.4 Å². The van der Waals surface area contributed by atoms with Gasteiger partial charge in [0.2, 0.25) is 0 Å². The number of nitrogens with one attached hydrogen (secondary N) is 1. The number of fused-ring (bicyclic) bond motifs is 1. The van der Waals surface area contributed by atoms with E-state index in [4.69, 9.17) is 32.9 Å². The van der Waals surface area contributed by atoms with Crippen LogP contribution < -0.4 is 10.1 Å². The first kappa shape index (κ1) is 22.7. The first-order chi connectivity index (χ1) is 16.5. The van der Waals surface area contributed by atoms with E-state index < -0.39 is 0 Å². The van der Waals surface area contributed by atoms with Crippen LogP contribution in [0, 0.1) is 6.92 Å². The zero-order chi connectivity index (χ0) is 23.5. The third kappa shape index (κ3) is 5.36. The summed E-state index contributed by atoms with van der Waals surface area (Å²) in [6.07, 6.45) is 0. The Morgan fingerprint density at radius 3 is 2.41 bits per heavy atom. The zero-order valence-electron chi connectivity index (χ0n) is 18.5. The molecule has 5 rings (SSSR count). The lowest BCUT2D eigenvalue weighted by atomic mass is 10.1. The molecule has 3 nitrogen and oxygen atoms in total. The third-order valence-electron chi connectivity index (χ3n) is 5.49. The third-order valence-corrected chi connectivity index (χ3v) is 7.04. The smallest absolute Gasteiger partial charge is 0.124 e. The molecule has 5 aromatic rings. The number of thiazole rings is 1. The van der Waals surface area contributed by atoms with E-state index in [-0.39, 0.29) is 0 Å². The van der Waals surface area contributed by atoms with Crippen molar-refractivity contribution in [1.82, 2.24) is 4.98 Å². The molecule has 0 radical (unpaired) electrons. The lowest BCUT2D eigenvalue weighted by Crippen LogP contribution is -2.04. The van der Waals surface area contributed by atoms with E-state index in [2.05, 4.69) is 54.7 Å². The van der Waals surface area contributed by atoms with Crippen LogP contribution in [-0.4, -0.2) is 4.98 Å². The van der Waals surface area contributed by atoms with Crippen molar-refractivity contribution in [2.45, 2.75) is 20.1 Å². The molecule has 0 saturated heterocycles. The van der Waals surface area contributed by atoms with E-state index in [9.17, 15) is 0 Å². The van der Waals surface area contributed by atoms with E-state index in [0.717, 1.165) is 38.7 Å². The van der Waals surface area contributed by atoms with E-state index in [0.29, 0.717) is 23.2 Å². The Kier molecular flexibility index (Phi) is 6.73. The van der Waals surface area contributed by atoms with Gasteiger partial charge in [0.05, 0.1) is 10.2 Å². The molecule has 0 bridgehead atoms. The number of benzene rings is 4. The number of ether oxygens (including phenoxy) is 1. The second-order valence-electron chi connectivity index (χ2n) is 8.09. The van der Waals surface area contributed by atoms with Crippen LogP contribution in [0.1, 0.15) is 16.7 Å². The summed E-state index contributed by atoms with van der Waals surface area (Å²) in [5, 5.41) is 5.89. The molecule has 6 heteroatoms. The Hall–Kier alpha value is -3.05. The zero-order valence-corrected chi connectivity index (χ0v) is 20.8. The fraction of sp³-hybridized carbons (Fsp3) is 0.107. The molecule has 0 unspecified atom stereocenters. The minimum atomic E-state index is 0.461. The van der Waals surface area contributed by atoms with Gasteiger partial charge in [-0.05, 0) is 84.8 Å². The Morgan fingerprint density at radius 1 is 0.853 bits per heavy atom. The summed E-state index contributed by atoms with van der Waals surface area (Å²) in [6, 6.07) is 28.1. The number of aryl methyl sites for hydroxylation is 1. The van der Waals surface area contributed by atoms with Crippen LogP contribution in [0.25, 0.3) is 20.8 Å². The van der Waals surface area contributed by atoms with Crippen molar-refractivity contribution in [1.29, 1.82) is 0 Å². The van der Waals surface area contributed by atoms with Crippen LogP contribution in [0.15, 0.2) is 84.9 Å². The summed E-state index contributed by atoms with van der Waals surface area (Å²) in [5.74, 6) is 0.799. The summed E-state index contributed by atoms with van der Waals surface area (Å²) in [5.41, 5.74) is 6.47. The highest BCUT2D eigenvalue weighted by Crippen LogP contribution is 2.32. The average molecular weight is 505 g/mol. The molecule has 170 valence electrons. The molecule has 0 saturated carbocycles. The fourth-order valence-electron chi connectivity index (χ4n) is 3.65. The van der Waals surface area contributed by atoms with Gasteiger partial charge in [-0.25, -0.2) is 4.98 Å². The van der Waals surface area contributed by atoms with E-state index in [1.165, 1.54) is 10.3 Å². The minimum absolute atomic E-state index is 0.461. The maximum Gasteiger partial charge on any atom is 0.124 e. The minimum Gasteiger partial charge on any atom is -0.489 e. The molecule has 1 aromatic heterocycles. The number of halogens is 2. The molecule has 0 atom stereocenters. The molecular weight excluding hydrogens is 483 g/mol.